The van der Waals surface area contributed by atoms with E-state index in [0.29, 0.717) is 12.7 Å². The lowest BCUT2D eigenvalue weighted by Crippen LogP contribution is -2.27. The summed E-state index contributed by atoms with van der Waals surface area (Å²) >= 11 is 0. The molecule has 1 N–H and O–H groups in total. The minimum atomic E-state index is -0.850. The number of ether oxygens (including phenoxy) is 2. The minimum absolute atomic E-state index is 0.0791. The fraction of sp³-hybridized carbons (Fsp3) is 0.700. The zero-order valence-electron chi connectivity index (χ0n) is 14.9. The largest absolute Gasteiger partial charge is 0.383 e. The van der Waals surface area contributed by atoms with Gasteiger partial charge in [0.05, 0.1) is 24.4 Å². The van der Waals surface area contributed by atoms with Gasteiger partial charge in [-0.3, -0.25) is 0 Å². The number of epoxide rings is 1. The van der Waals surface area contributed by atoms with Crippen molar-refractivity contribution in [2.45, 2.75) is 83.2 Å². The Bertz CT molecular complexity index is 555. The molecule has 0 unspecified atom stereocenters. The molecular formula is C20H30O3. The maximum atomic E-state index is 10.6. The second-order valence-corrected chi connectivity index (χ2v) is 7.93. The predicted molar refractivity (Wildman–Crippen MR) is 92.3 cm³/mol. The first-order valence-corrected chi connectivity index (χ1v) is 8.85. The summed E-state index contributed by atoms with van der Waals surface area (Å²) in [6.07, 6.45) is 12.1. The van der Waals surface area contributed by atoms with Crippen LogP contribution in [-0.2, 0) is 9.47 Å². The van der Waals surface area contributed by atoms with E-state index in [0.717, 1.165) is 37.7 Å². The molecule has 4 atom stereocenters. The quantitative estimate of drug-likeness (QED) is 0.540. The van der Waals surface area contributed by atoms with Crippen LogP contribution in [0.4, 0.5) is 0 Å². The Morgan fingerprint density at radius 2 is 1.96 bits per heavy atom. The number of hydrogen-bond donors (Lipinski definition) is 1. The smallest absolute Gasteiger partial charge is 0.109 e. The van der Waals surface area contributed by atoms with E-state index in [1.165, 1.54) is 11.1 Å². The van der Waals surface area contributed by atoms with Gasteiger partial charge in [-0.1, -0.05) is 29.4 Å². The normalized spacial score (nSPS) is 48.7. The molecule has 3 rings (SSSR count). The van der Waals surface area contributed by atoms with Crippen LogP contribution in [0.25, 0.3) is 0 Å². The fourth-order valence-corrected chi connectivity index (χ4v) is 3.74. The van der Waals surface area contributed by atoms with Gasteiger partial charge in [0.2, 0.25) is 0 Å². The molecular weight excluding hydrogens is 288 g/mol. The van der Waals surface area contributed by atoms with Gasteiger partial charge in [-0.2, -0.15) is 0 Å². The van der Waals surface area contributed by atoms with Gasteiger partial charge in [0.25, 0.3) is 0 Å². The summed E-state index contributed by atoms with van der Waals surface area (Å²) in [5.41, 5.74) is 2.90. The molecule has 0 aromatic carbocycles. The van der Waals surface area contributed by atoms with Crippen LogP contribution in [-0.4, -0.2) is 35.1 Å². The van der Waals surface area contributed by atoms with Crippen molar-refractivity contribution < 1.29 is 14.6 Å². The molecule has 0 aromatic heterocycles. The van der Waals surface area contributed by atoms with E-state index >= 15 is 0 Å². The summed E-state index contributed by atoms with van der Waals surface area (Å²) < 4.78 is 11.8. The molecule has 3 heteroatoms. The standard InChI is InChI=1S/C20H30O3/c1-14-6-5-11-20(4)18(23-20)10-8-15(2)12-17-16(9-7-14)19(3,21)13-22-17/h6,9,12,17-18,21H,5,7-8,10-11,13H2,1-4H3/b14-6+,15-12+,16-9+/t17-,18-,19+,20-/m0/s1. The highest BCUT2D eigenvalue weighted by Crippen LogP contribution is 2.44. The molecule has 2 heterocycles. The van der Waals surface area contributed by atoms with Gasteiger partial charge in [0, 0.05) is 0 Å². The van der Waals surface area contributed by atoms with Gasteiger partial charge in [-0.25, -0.2) is 0 Å². The molecule has 2 aliphatic heterocycles. The second kappa shape index (κ2) is 6.19. The first kappa shape index (κ1) is 16.9. The molecule has 0 amide bonds. The Labute approximate surface area is 140 Å². The third-order valence-corrected chi connectivity index (χ3v) is 5.52. The molecule has 0 bridgehead atoms. The van der Waals surface area contributed by atoms with Crippen LogP contribution in [0, 0.1) is 0 Å². The Hall–Kier alpha value is -0.900. The lowest BCUT2D eigenvalue weighted by molar-refractivity contribution is 0.0487. The average molecular weight is 318 g/mol. The van der Waals surface area contributed by atoms with Gasteiger partial charge in [-0.05, 0) is 65.4 Å². The van der Waals surface area contributed by atoms with Crippen LogP contribution in [0.15, 0.2) is 34.9 Å². The number of rotatable bonds is 0. The molecule has 2 saturated heterocycles. The van der Waals surface area contributed by atoms with E-state index in [1.807, 2.05) is 6.92 Å². The molecule has 3 aliphatic rings. The van der Waals surface area contributed by atoms with Gasteiger partial charge < -0.3 is 14.6 Å². The molecule has 128 valence electrons. The van der Waals surface area contributed by atoms with Crippen molar-refractivity contribution in [3.63, 3.8) is 0 Å². The van der Waals surface area contributed by atoms with Crippen LogP contribution < -0.4 is 0 Å². The van der Waals surface area contributed by atoms with Gasteiger partial charge in [0.1, 0.15) is 5.60 Å². The molecule has 0 radical (unpaired) electrons. The van der Waals surface area contributed by atoms with Crippen molar-refractivity contribution in [1.82, 2.24) is 0 Å². The third kappa shape index (κ3) is 3.78. The SMILES string of the molecule is C/C1=C\CC[C@]2(C)O[C@H]2CC/C(C)=C/[C@@H]2OC[C@@](C)(O)/C2=C/C1. The first-order chi connectivity index (χ1) is 10.8. The molecule has 0 aromatic rings. The molecule has 1 aliphatic carbocycles. The van der Waals surface area contributed by atoms with Crippen molar-refractivity contribution in [1.29, 1.82) is 0 Å². The summed E-state index contributed by atoms with van der Waals surface area (Å²) in [6.45, 7) is 8.79. The topological polar surface area (TPSA) is 42.0 Å². The summed E-state index contributed by atoms with van der Waals surface area (Å²) in [4.78, 5) is 0. The summed E-state index contributed by atoms with van der Waals surface area (Å²) in [6, 6.07) is 0. The van der Waals surface area contributed by atoms with Crippen LogP contribution in [0.3, 0.4) is 0 Å². The van der Waals surface area contributed by atoms with Crippen LogP contribution in [0.1, 0.15) is 59.8 Å². The van der Waals surface area contributed by atoms with Gasteiger partial charge in [0.15, 0.2) is 0 Å². The van der Waals surface area contributed by atoms with Crippen molar-refractivity contribution in [3.05, 3.63) is 34.9 Å². The van der Waals surface area contributed by atoms with E-state index in [-0.39, 0.29) is 11.7 Å². The zero-order chi connectivity index (χ0) is 16.7. The van der Waals surface area contributed by atoms with Crippen molar-refractivity contribution in [2.24, 2.45) is 0 Å². The lowest BCUT2D eigenvalue weighted by Gasteiger charge is -2.18. The fourth-order valence-electron chi connectivity index (χ4n) is 3.74. The maximum Gasteiger partial charge on any atom is 0.109 e. The van der Waals surface area contributed by atoms with Gasteiger partial charge in [-0.15, -0.1) is 0 Å². The molecule has 2 fully saturated rings. The minimum Gasteiger partial charge on any atom is -0.383 e. The maximum absolute atomic E-state index is 10.6. The first-order valence-electron chi connectivity index (χ1n) is 8.85. The molecule has 0 saturated carbocycles. The number of hydrogen-bond acceptors (Lipinski definition) is 3. The van der Waals surface area contributed by atoms with Gasteiger partial charge >= 0.3 is 0 Å². The Kier molecular flexibility index (Phi) is 4.56. The van der Waals surface area contributed by atoms with Crippen molar-refractivity contribution in [2.75, 3.05) is 6.61 Å². The summed E-state index contributed by atoms with van der Waals surface area (Å²) in [7, 11) is 0. The Morgan fingerprint density at radius 1 is 1.17 bits per heavy atom. The average Bonchev–Trinajstić information content (AvgIpc) is 3.02. The number of aliphatic hydroxyl groups is 1. The van der Waals surface area contributed by atoms with Crippen molar-refractivity contribution >= 4 is 0 Å². The molecule has 23 heavy (non-hydrogen) atoms. The van der Waals surface area contributed by atoms with E-state index in [9.17, 15) is 5.11 Å². The van der Waals surface area contributed by atoms with Crippen LogP contribution in [0.5, 0.6) is 0 Å². The Balaban J connectivity index is 1.83. The predicted octanol–water partition coefficient (Wildman–Crippen LogP) is 4.08. The highest BCUT2D eigenvalue weighted by molar-refractivity contribution is 5.31. The highest BCUT2D eigenvalue weighted by Gasteiger charge is 2.50. The zero-order valence-corrected chi connectivity index (χ0v) is 14.9. The lowest BCUT2D eigenvalue weighted by atomic mass is 9.90. The van der Waals surface area contributed by atoms with E-state index in [2.05, 4.69) is 39.0 Å². The summed E-state index contributed by atoms with van der Waals surface area (Å²) in [5, 5.41) is 10.6. The number of allylic oxidation sites excluding steroid dienone is 4. The Morgan fingerprint density at radius 3 is 2.74 bits per heavy atom. The van der Waals surface area contributed by atoms with E-state index < -0.39 is 5.60 Å². The van der Waals surface area contributed by atoms with Crippen LogP contribution in [0.2, 0.25) is 0 Å². The molecule has 0 spiro atoms. The third-order valence-electron chi connectivity index (χ3n) is 5.52. The highest BCUT2D eigenvalue weighted by atomic mass is 16.6. The van der Waals surface area contributed by atoms with E-state index in [4.69, 9.17) is 9.47 Å². The van der Waals surface area contributed by atoms with Crippen LogP contribution >= 0.6 is 0 Å². The monoisotopic (exact) mass is 318 g/mol. The van der Waals surface area contributed by atoms with Crippen molar-refractivity contribution in [3.8, 4) is 0 Å². The summed E-state index contributed by atoms with van der Waals surface area (Å²) in [5.74, 6) is 0. The molecule has 3 nitrogen and oxygen atoms in total. The number of fused-ring (bicyclic) bond motifs is 2. The van der Waals surface area contributed by atoms with E-state index in [1.54, 1.807) is 0 Å². The second-order valence-electron chi connectivity index (χ2n) is 7.93.